The maximum atomic E-state index is 6.09. The first-order valence-electron chi connectivity index (χ1n) is 7.62. The second-order valence-electron chi connectivity index (χ2n) is 5.31. The lowest BCUT2D eigenvalue weighted by Gasteiger charge is -2.17. The number of guanidine groups is 1. The molecule has 0 bridgehead atoms. The molecule has 0 saturated carbocycles. The minimum absolute atomic E-state index is 0. The Morgan fingerprint density at radius 2 is 2.30 bits per heavy atom. The van der Waals surface area contributed by atoms with Crippen LogP contribution in [-0.2, 0) is 11.3 Å². The van der Waals surface area contributed by atoms with Crippen molar-refractivity contribution in [2.24, 2.45) is 4.99 Å². The van der Waals surface area contributed by atoms with Crippen molar-refractivity contribution < 1.29 is 9.47 Å². The van der Waals surface area contributed by atoms with Crippen LogP contribution >= 0.6 is 24.0 Å². The Morgan fingerprint density at radius 3 is 2.96 bits per heavy atom. The van der Waals surface area contributed by atoms with Crippen LogP contribution in [0.3, 0.4) is 0 Å². The molecule has 1 aromatic rings. The molecule has 2 N–H and O–H groups in total. The summed E-state index contributed by atoms with van der Waals surface area (Å²) in [5, 5.41) is 6.44. The number of ether oxygens (including phenoxy) is 2. The zero-order chi connectivity index (χ0) is 15.8. The molecule has 128 valence electrons. The molecule has 1 fully saturated rings. The summed E-state index contributed by atoms with van der Waals surface area (Å²) in [5.41, 5.74) is 2.30. The van der Waals surface area contributed by atoms with E-state index < -0.39 is 0 Å². The maximum Gasteiger partial charge on any atom is 0.191 e. The van der Waals surface area contributed by atoms with Gasteiger partial charge in [-0.25, -0.2) is 0 Å². The summed E-state index contributed by atoms with van der Waals surface area (Å²) in [7, 11) is 1.75. The van der Waals surface area contributed by atoms with Crippen LogP contribution in [0.5, 0.6) is 5.75 Å². The lowest BCUT2D eigenvalue weighted by molar-refractivity contribution is 0.140. The van der Waals surface area contributed by atoms with Crippen LogP contribution in [0, 0.1) is 6.92 Å². The van der Waals surface area contributed by atoms with Crippen molar-refractivity contribution in [2.75, 3.05) is 26.8 Å². The molecule has 1 aliphatic rings. The molecule has 6 heteroatoms. The number of aryl methyl sites for hydroxylation is 1. The Balaban J connectivity index is 0.00000264. The van der Waals surface area contributed by atoms with Gasteiger partial charge < -0.3 is 20.1 Å². The highest BCUT2D eigenvalue weighted by atomic mass is 127. The SMILES string of the molecule is C=CCNC(=NC)NCc1ccc(C)cc1OC1CCOC1.I. The summed E-state index contributed by atoms with van der Waals surface area (Å²) in [6, 6.07) is 6.26. The van der Waals surface area contributed by atoms with Gasteiger partial charge in [-0.3, -0.25) is 4.99 Å². The maximum absolute atomic E-state index is 6.09. The molecule has 1 saturated heterocycles. The van der Waals surface area contributed by atoms with Gasteiger partial charge in [0.2, 0.25) is 0 Å². The van der Waals surface area contributed by atoms with Gasteiger partial charge in [0, 0.05) is 32.1 Å². The lowest BCUT2D eigenvalue weighted by Crippen LogP contribution is -2.36. The monoisotopic (exact) mass is 431 g/mol. The molecule has 23 heavy (non-hydrogen) atoms. The predicted molar refractivity (Wildman–Crippen MR) is 105 cm³/mol. The quantitative estimate of drug-likeness (QED) is 0.315. The van der Waals surface area contributed by atoms with Crippen molar-refractivity contribution in [3.8, 4) is 5.75 Å². The van der Waals surface area contributed by atoms with Gasteiger partial charge in [-0.05, 0) is 18.6 Å². The van der Waals surface area contributed by atoms with Crippen LogP contribution in [0.25, 0.3) is 0 Å². The van der Waals surface area contributed by atoms with Crippen molar-refractivity contribution in [3.05, 3.63) is 42.0 Å². The van der Waals surface area contributed by atoms with E-state index in [1.54, 1.807) is 13.1 Å². The van der Waals surface area contributed by atoms with Crippen LogP contribution in [0.4, 0.5) is 0 Å². The Bertz CT molecular complexity index is 529. The lowest BCUT2D eigenvalue weighted by atomic mass is 10.1. The average molecular weight is 431 g/mol. The zero-order valence-corrected chi connectivity index (χ0v) is 16.1. The molecule has 0 spiro atoms. The van der Waals surface area contributed by atoms with Gasteiger partial charge in [-0.15, -0.1) is 30.6 Å². The van der Waals surface area contributed by atoms with E-state index in [1.165, 1.54) is 5.56 Å². The highest BCUT2D eigenvalue weighted by molar-refractivity contribution is 14.0. The predicted octanol–water partition coefficient (Wildman–Crippen LogP) is 2.63. The first-order valence-corrected chi connectivity index (χ1v) is 7.62. The van der Waals surface area contributed by atoms with Gasteiger partial charge in [0.1, 0.15) is 11.9 Å². The third-order valence-electron chi connectivity index (χ3n) is 3.49. The third-order valence-corrected chi connectivity index (χ3v) is 3.49. The Hall–Kier alpha value is -1.28. The van der Waals surface area contributed by atoms with E-state index in [4.69, 9.17) is 9.47 Å². The molecule has 1 heterocycles. The Labute approximate surface area is 155 Å². The number of halogens is 1. The topological polar surface area (TPSA) is 54.9 Å². The van der Waals surface area contributed by atoms with Gasteiger partial charge in [0.15, 0.2) is 5.96 Å². The fourth-order valence-electron chi connectivity index (χ4n) is 2.27. The highest BCUT2D eigenvalue weighted by Crippen LogP contribution is 2.23. The Kier molecular flexibility index (Phi) is 9.01. The molecular weight excluding hydrogens is 405 g/mol. The largest absolute Gasteiger partial charge is 0.488 e. The van der Waals surface area contributed by atoms with Crippen LogP contribution in [0.2, 0.25) is 0 Å². The summed E-state index contributed by atoms with van der Waals surface area (Å²) in [5.74, 6) is 1.66. The van der Waals surface area contributed by atoms with Gasteiger partial charge in [0.25, 0.3) is 0 Å². The number of nitrogens with one attached hydrogen (secondary N) is 2. The van der Waals surface area contributed by atoms with Gasteiger partial charge in [-0.1, -0.05) is 18.2 Å². The van der Waals surface area contributed by atoms with E-state index >= 15 is 0 Å². The standard InChI is InChI=1S/C17H25N3O2.HI/c1-4-8-19-17(18-3)20-11-14-6-5-13(2)10-16(14)22-15-7-9-21-12-15;/h4-6,10,15H,1,7-9,11-12H2,2-3H3,(H2,18,19,20);1H. The van der Waals surface area contributed by atoms with E-state index in [-0.39, 0.29) is 30.1 Å². The second kappa shape index (κ2) is 10.5. The number of nitrogens with zero attached hydrogens (tertiary/aromatic N) is 1. The van der Waals surface area contributed by atoms with Crippen molar-refractivity contribution in [1.29, 1.82) is 0 Å². The number of benzene rings is 1. The van der Waals surface area contributed by atoms with Gasteiger partial charge in [0.05, 0.1) is 13.2 Å². The first-order chi connectivity index (χ1) is 10.7. The molecule has 1 unspecified atom stereocenters. The van der Waals surface area contributed by atoms with Crippen molar-refractivity contribution >= 4 is 29.9 Å². The molecule has 1 aliphatic heterocycles. The van der Waals surface area contributed by atoms with E-state index in [9.17, 15) is 0 Å². The molecule has 0 aromatic heterocycles. The normalized spacial score (nSPS) is 17.3. The molecule has 0 amide bonds. The zero-order valence-electron chi connectivity index (χ0n) is 13.8. The summed E-state index contributed by atoms with van der Waals surface area (Å²) >= 11 is 0. The molecule has 0 radical (unpaired) electrons. The van der Waals surface area contributed by atoms with Crippen molar-refractivity contribution in [3.63, 3.8) is 0 Å². The van der Waals surface area contributed by atoms with Crippen LogP contribution in [0.1, 0.15) is 17.5 Å². The van der Waals surface area contributed by atoms with Crippen molar-refractivity contribution in [1.82, 2.24) is 10.6 Å². The van der Waals surface area contributed by atoms with E-state index in [0.29, 0.717) is 19.7 Å². The van der Waals surface area contributed by atoms with E-state index in [2.05, 4.69) is 47.3 Å². The fourth-order valence-corrected chi connectivity index (χ4v) is 2.27. The van der Waals surface area contributed by atoms with Crippen LogP contribution < -0.4 is 15.4 Å². The fraction of sp³-hybridized carbons (Fsp3) is 0.471. The first kappa shape index (κ1) is 19.8. The molecule has 2 rings (SSSR count). The third kappa shape index (κ3) is 6.39. The number of hydrogen-bond acceptors (Lipinski definition) is 3. The van der Waals surface area contributed by atoms with Gasteiger partial charge >= 0.3 is 0 Å². The number of rotatable bonds is 6. The molecule has 0 aliphatic carbocycles. The molecular formula is C17H26IN3O2. The summed E-state index contributed by atoms with van der Waals surface area (Å²) in [6.45, 7) is 8.54. The van der Waals surface area contributed by atoms with Crippen LogP contribution in [-0.4, -0.2) is 38.9 Å². The molecule has 1 atom stereocenters. The smallest absolute Gasteiger partial charge is 0.191 e. The van der Waals surface area contributed by atoms with Gasteiger partial charge in [-0.2, -0.15) is 0 Å². The highest BCUT2D eigenvalue weighted by Gasteiger charge is 2.18. The molecule has 1 aromatic carbocycles. The van der Waals surface area contributed by atoms with E-state index in [0.717, 1.165) is 30.3 Å². The summed E-state index contributed by atoms with van der Waals surface area (Å²) in [4.78, 5) is 4.18. The average Bonchev–Trinajstić information content (AvgIpc) is 3.02. The molecule has 5 nitrogen and oxygen atoms in total. The van der Waals surface area contributed by atoms with Crippen LogP contribution in [0.15, 0.2) is 35.8 Å². The number of hydrogen-bond donors (Lipinski definition) is 2. The van der Waals surface area contributed by atoms with E-state index in [1.807, 2.05) is 0 Å². The Morgan fingerprint density at radius 1 is 1.48 bits per heavy atom. The minimum Gasteiger partial charge on any atom is -0.488 e. The second-order valence-corrected chi connectivity index (χ2v) is 5.31. The summed E-state index contributed by atoms with van der Waals surface area (Å²) < 4.78 is 11.5. The summed E-state index contributed by atoms with van der Waals surface area (Å²) in [6.07, 6.45) is 2.90. The minimum atomic E-state index is 0. The van der Waals surface area contributed by atoms with Crippen molar-refractivity contribution in [2.45, 2.75) is 26.0 Å². The number of aliphatic imine (C=N–C) groups is 1.